The van der Waals surface area contributed by atoms with Crippen LogP contribution in [0.25, 0.3) is 0 Å². The van der Waals surface area contributed by atoms with Crippen LogP contribution in [-0.2, 0) is 11.0 Å². The SMILES string of the molecule is CCCCS[C@@H](C)C(=O)N1CCC[C@@H](n2ccc(C(F)(F)F)n2)C1. The van der Waals surface area contributed by atoms with Crippen molar-refractivity contribution in [3.05, 3.63) is 18.0 Å². The van der Waals surface area contributed by atoms with Crippen molar-refractivity contribution in [1.29, 1.82) is 0 Å². The molecule has 1 amide bonds. The van der Waals surface area contributed by atoms with E-state index in [0.717, 1.165) is 37.5 Å². The number of hydrogen-bond acceptors (Lipinski definition) is 3. The van der Waals surface area contributed by atoms with Gasteiger partial charge in [-0.25, -0.2) is 0 Å². The molecule has 0 saturated carbocycles. The molecule has 1 aliphatic rings. The fourth-order valence-corrected chi connectivity index (χ4v) is 3.90. The molecule has 0 unspecified atom stereocenters. The van der Waals surface area contributed by atoms with Crippen molar-refractivity contribution in [1.82, 2.24) is 14.7 Å². The van der Waals surface area contributed by atoms with E-state index in [4.69, 9.17) is 0 Å². The van der Waals surface area contributed by atoms with Gasteiger partial charge in [0.15, 0.2) is 5.69 Å². The van der Waals surface area contributed by atoms with Crippen LogP contribution in [0.4, 0.5) is 13.2 Å². The van der Waals surface area contributed by atoms with Crippen molar-refractivity contribution in [2.75, 3.05) is 18.8 Å². The first-order chi connectivity index (χ1) is 11.3. The van der Waals surface area contributed by atoms with Gasteiger partial charge in [-0.2, -0.15) is 18.3 Å². The van der Waals surface area contributed by atoms with Crippen LogP contribution in [0.15, 0.2) is 12.3 Å². The summed E-state index contributed by atoms with van der Waals surface area (Å²) in [6.07, 6.45) is 0.629. The van der Waals surface area contributed by atoms with Crippen molar-refractivity contribution in [3.63, 3.8) is 0 Å². The first-order valence-corrected chi connectivity index (χ1v) is 9.40. The molecule has 1 aromatic heterocycles. The molecule has 0 bridgehead atoms. The first kappa shape index (κ1) is 19.1. The van der Waals surface area contributed by atoms with E-state index < -0.39 is 11.9 Å². The molecule has 0 aromatic carbocycles. The monoisotopic (exact) mass is 363 g/mol. The Morgan fingerprint density at radius 3 is 2.88 bits per heavy atom. The molecule has 24 heavy (non-hydrogen) atoms. The van der Waals surface area contributed by atoms with Gasteiger partial charge >= 0.3 is 6.18 Å². The Morgan fingerprint density at radius 2 is 2.25 bits per heavy atom. The van der Waals surface area contributed by atoms with Crippen LogP contribution in [0.2, 0.25) is 0 Å². The average Bonchev–Trinajstić information content (AvgIpc) is 3.04. The van der Waals surface area contributed by atoms with Crippen molar-refractivity contribution in [2.45, 2.75) is 57.0 Å². The van der Waals surface area contributed by atoms with E-state index in [2.05, 4.69) is 12.0 Å². The Balaban J connectivity index is 1.96. The third kappa shape index (κ3) is 4.91. The largest absolute Gasteiger partial charge is 0.435 e. The number of piperidine rings is 1. The van der Waals surface area contributed by atoms with Gasteiger partial charge in [0.25, 0.3) is 0 Å². The lowest BCUT2D eigenvalue weighted by molar-refractivity contribution is -0.142. The van der Waals surface area contributed by atoms with Crippen LogP contribution < -0.4 is 0 Å². The predicted molar refractivity (Wildman–Crippen MR) is 88.9 cm³/mol. The van der Waals surface area contributed by atoms with Gasteiger partial charge in [-0.1, -0.05) is 13.3 Å². The van der Waals surface area contributed by atoms with E-state index in [1.54, 1.807) is 16.7 Å². The van der Waals surface area contributed by atoms with Gasteiger partial charge in [0.1, 0.15) is 0 Å². The van der Waals surface area contributed by atoms with Gasteiger partial charge in [-0.3, -0.25) is 9.48 Å². The highest BCUT2D eigenvalue weighted by Gasteiger charge is 2.35. The number of carbonyl (C=O) groups excluding carboxylic acids is 1. The van der Waals surface area contributed by atoms with Crippen LogP contribution in [0.5, 0.6) is 0 Å². The van der Waals surface area contributed by atoms with Crippen LogP contribution >= 0.6 is 11.8 Å². The number of carbonyl (C=O) groups is 1. The Labute approximate surface area is 144 Å². The minimum absolute atomic E-state index is 0.0732. The van der Waals surface area contributed by atoms with E-state index in [0.29, 0.717) is 13.1 Å². The minimum atomic E-state index is -4.43. The summed E-state index contributed by atoms with van der Waals surface area (Å²) in [4.78, 5) is 14.3. The summed E-state index contributed by atoms with van der Waals surface area (Å²) in [6.45, 7) is 5.11. The Morgan fingerprint density at radius 1 is 1.50 bits per heavy atom. The molecule has 8 heteroatoms. The maximum absolute atomic E-state index is 12.7. The van der Waals surface area contributed by atoms with Gasteiger partial charge in [0, 0.05) is 19.3 Å². The number of rotatable bonds is 6. The van der Waals surface area contributed by atoms with Crippen molar-refractivity contribution in [2.24, 2.45) is 0 Å². The summed E-state index contributed by atoms with van der Waals surface area (Å²) in [5.41, 5.74) is -0.880. The lowest BCUT2D eigenvalue weighted by atomic mass is 10.1. The van der Waals surface area contributed by atoms with Crippen LogP contribution in [0, 0.1) is 0 Å². The Hall–Kier alpha value is -1.18. The van der Waals surface area contributed by atoms with Crippen LogP contribution in [0.3, 0.4) is 0 Å². The van der Waals surface area contributed by atoms with Crippen LogP contribution in [0.1, 0.15) is 51.3 Å². The van der Waals surface area contributed by atoms with Crippen molar-refractivity contribution < 1.29 is 18.0 Å². The number of alkyl halides is 3. The Kier molecular flexibility index (Phi) is 6.60. The highest BCUT2D eigenvalue weighted by atomic mass is 32.2. The van der Waals surface area contributed by atoms with Crippen molar-refractivity contribution in [3.8, 4) is 0 Å². The van der Waals surface area contributed by atoms with E-state index in [1.807, 2.05) is 6.92 Å². The average molecular weight is 363 g/mol. The molecule has 0 radical (unpaired) electrons. The minimum Gasteiger partial charge on any atom is -0.340 e. The number of unbranched alkanes of at least 4 members (excludes halogenated alkanes) is 1. The summed E-state index contributed by atoms with van der Waals surface area (Å²) in [5, 5.41) is 3.54. The molecule has 1 aromatic rings. The molecule has 4 nitrogen and oxygen atoms in total. The van der Waals surface area contributed by atoms with Gasteiger partial charge in [0.2, 0.25) is 5.91 Å². The Bertz CT molecular complexity index is 547. The van der Waals surface area contributed by atoms with E-state index >= 15 is 0 Å². The number of hydrogen-bond donors (Lipinski definition) is 0. The third-order valence-corrected chi connectivity index (χ3v) is 5.42. The molecular weight excluding hydrogens is 339 g/mol. The molecule has 2 rings (SSSR count). The van der Waals surface area contributed by atoms with Crippen LogP contribution in [-0.4, -0.2) is 44.7 Å². The first-order valence-electron chi connectivity index (χ1n) is 8.35. The molecule has 2 atom stereocenters. The van der Waals surface area contributed by atoms with Gasteiger partial charge in [0.05, 0.1) is 11.3 Å². The van der Waals surface area contributed by atoms with Crippen molar-refractivity contribution >= 4 is 17.7 Å². The smallest absolute Gasteiger partial charge is 0.340 e. The highest BCUT2D eigenvalue weighted by Crippen LogP contribution is 2.29. The molecule has 1 fully saturated rings. The lowest BCUT2D eigenvalue weighted by Gasteiger charge is -2.34. The number of aromatic nitrogens is 2. The molecule has 0 aliphatic carbocycles. The standard InChI is InChI=1S/C16H24F3N3OS/c1-3-4-10-24-12(2)15(23)21-8-5-6-13(11-21)22-9-7-14(20-22)16(17,18)19/h7,9,12-13H,3-6,8,10-11H2,1-2H3/t12-,13+/m0/s1. The number of likely N-dealkylation sites (tertiary alicyclic amines) is 1. The zero-order valence-corrected chi connectivity index (χ0v) is 14.9. The quantitative estimate of drug-likeness (QED) is 0.718. The summed E-state index contributed by atoms with van der Waals surface area (Å²) < 4.78 is 39.4. The van der Waals surface area contributed by atoms with Gasteiger partial charge in [-0.05, 0) is 38.0 Å². The predicted octanol–water partition coefficient (Wildman–Crippen LogP) is 3.99. The second-order valence-electron chi connectivity index (χ2n) is 6.13. The number of thioether (sulfide) groups is 1. The van der Waals surface area contributed by atoms with E-state index in [-0.39, 0.29) is 17.2 Å². The molecule has 136 valence electrons. The maximum Gasteiger partial charge on any atom is 0.435 e. The van der Waals surface area contributed by atoms with Gasteiger partial charge in [-0.15, -0.1) is 11.8 Å². The molecule has 1 saturated heterocycles. The zero-order chi connectivity index (χ0) is 17.7. The number of halogens is 3. The second-order valence-corrected chi connectivity index (χ2v) is 7.57. The molecule has 1 aliphatic heterocycles. The summed E-state index contributed by atoms with van der Waals surface area (Å²) in [7, 11) is 0. The maximum atomic E-state index is 12.7. The number of amides is 1. The normalized spacial score (nSPS) is 20.2. The summed E-state index contributed by atoms with van der Waals surface area (Å²) >= 11 is 1.64. The summed E-state index contributed by atoms with van der Waals surface area (Å²) in [5.74, 6) is 1.03. The molecule has 2 heterocycles. The zero-order valence-electron chi connectivity index (χ0n) is 14.1. The lowest BCUT2D eigenvalue weighted by Crippen LogP contribution is -2.44. The van der Waals surface area contributed by atoms with Gasteiger partial charge < -0.3 is 4.90 Å². The summed E-state index contributed by atoms with van der Waals surface area (Å²) in [6, 6.07) is 0.802. The number of nitrogens with zero attached hydrogens (tertiary/aromatic N) is 3. The fourth-order valence-electron chi connectivity index (χ4n) is 2.80. The van der Waals surface area contributed by atoms with E-state index in [1.165, 1.54) is 10.9 Å². The molecule has 0 N–H and O–H groups in total. The second kappa shape index (κ2) is 8.27. The molecular formula is C16H24F3N3OS. The van der Waals surface area contributed by atoms with E-state index in [9.17, 15) is 18.0 Å². The molecule has 0 spiro atoms. The third-order valence-electron chi connectivity index (χ3n) is 4.19. The highest BCUT2D eigenvalue weighted by molar-refractivity contribution is 8.00. The fraction of sp³-hybridized carbons (Fsp3) is 0.750. The topological polar surface area (TPSA) is 38.1 Å².